The van der Waals surface area contributed by atoms with Crippen LogP contribution in [0.2, 0.25) is 5.02 Å². The molecule has 0 aliphatic carbocycles. The second-order valence-electron chi connectivity index (χ2n) is 25.3. The highest BCUT2D eigenvalue weighted by Gasteiger charge is 2.48. The van der Waals surface area contributed by atoms with Crippen LogP contribution in [0, 0.1) is 23.7 Å². The summed E-state index contributed by atoms with van der Waals surface area (Å²) in [5.41, 5.74) is 6.26. The lowest BCUT2D eigenvalue weighted by Crippen LogP contribution is -2.63. The Morgan fingerprint density at radius 2 is 1.57 bits per heavy atom. The van der Waals surface area contributed by atoms with E-state index in [2.05, 4.69) is 31.9 Å². The van der Waals surface area contributed by atoms with Gasteiger partial charge >= 0.3 is 24.1 Å². The third-order valence-electron chi connectivity index (χ3n) is 18.0. The number of esters is 1. The van der Waals surface area contributed by atoms with Gasteiger partial charge in [-0.1, -0.05) is 70.0 Å². The molecule has 4 aliphatic rings. The molecule has 0 radical (unpaired) electrons. The molecule has 0 aromatic heterocycles. The normalized spacial score (nSPS) is 23.3. The largest absolute Gasteiger partial charge is 0.495 e. The van der Waals surface area contributed by atoms with Crippen LogP contribution < -0.4 is 52.2 Å². The fraction of sp³-hybridized carbons (Fsp3) is 0.597. The molecule has 3 saturated heterocycles. The van der Waals surface area contributed by atoms with Crippen LogP contribution in [0.1, 0.15) is 109 Å². The number of aliphatic hydroxyl groups is 1. The van der Waals surface area contributed by atoms with Crippen molar-refractivity contribution in [3.05, 3.63) is 70.3 Å². The number of benzene rings is 2. The highest BCUT2D eigenvalue weighted by Crippen LogP contribution is 2.40. The molecular weight excluding hydrogens is 1330 g/mol. The lowest BCUT2D eigenvalue weighted by Gasteiger charge is -2.44. The fourth-order valence-corrected chi connectivity index (χ4v) is 12.1. The number of imide groups is 1. The number of likely N-dealkylation sites (N-methyl/N-ethyl adjacent to an activating group) is 1. The summed E-state index contributed by atoms with van der Waals surface area (Å²) in [5.74, 6) is -6.68. The summed E-state index contributed by atoms with van der Waals surface area (Å²) in [7, 11) is 5.87. The standard InChI is InChI=1S/C67H96ClN11O19S/c1-38(2)59(74-65(99)71-23-27-94-31-30-93-26-21-57(83)98-79-54(80)19-20-55(79)81)61(85)73-47(15-13-22-70-64(69)88)60(84)72-46-18-17-45(35-48(46)78-24-28-95-29-25-78)62(86)76(8)43(7)63(87)96-50-36-56(82)77(9)49-33-44(34-51(91-10)58(49)68)32-39(3)14-12-16-53(92-11)67(90)37-52(97-66(89)75-67)42(6)40(4)41(50)5/h12,14,16-18,33-35,38,40-43,47,50,52-53,59,90H,13,15,19-32,36-37H2,1-11H3,(H,72,84)(H,73,85)(H,75,89)(H3,69,70,88)(H2,71,74,99)/b16-12+,39-14+/t40?,41-,42-,43-,47-,50-,52-,53+,59-,67-/m0/s1. The number of halogens is 1. The van der Waals surface area contributed by atoms with Crippen molar-refractivity contribution in [1.29, 1.82) is 0 Å². The maximum Gasteiger partial charge on any atom is 0.409 e. The number of anilines is 3. The minimum atomic E-state index is -1.89. The van der Waals surface area contributed by atoms with Gasteiger partial charge in [0, 0.05) is 72.2 Å². The zero-order chi connectivity index (χ0) is 72.8. The number of hydrogen-bond donors (Lipinski definition) is 8. The van der Waals surface area contributed by atoms with Gasteiger partial charge in [-0.2, -0.15) is 0 Å². The average Bonchev–Trinajstić information content (AvgIpc) is 1.26. The van der Waals surface area contributed by atoms with Crippen LogP contribution in [0.5, 0.6) is 5.75 Å². The van der Waals surface area contributed by atoms with Crippen LogP contribution in [0.4, 0.5) is 26.7 Å². The fourth-order valence-electron chi connectivity index (χ4n) is 11.6. The Labute approximate surface area is 587 Å². The number of fused-ring (bicyclic) bond motifs is 4. The van der Waals surface area contributed by atoms with Gasteiger partial charge in [0.15, 0.2) is 10.8 Å². The maximum atomic E-state index is 14.7. The number of carbonyl (C=O) groups is 10. The van der Waals surface area contributed by atoms with E-state index in [0.717, 1.165) is 11.1 Å². The maximum absolute atomic E-state index is 14.7. The van der Waals surface area contributed by atoms with Crippen molar-refractivity contribution >= 4 is 105 Å². The van der Waals surface area contributed by atoms with E-state index in [-0.39, 0.29) is 112 Å². The van der Waals surface area contributed by atoms with E-state index in [1.54, 1.807) is 64.2 Å². The molecule has 4 heterocycles. The third-order valence-corrected chi connectivity index (χ3v) is 18.6. The summed E-state index contributed by atoms with van der Waals surface area (Å²) in [6, 6.07) is 4.00. The van der Waals surface area contributed by atoms with E-state index in [1.807, 2.05) is 31.7 Å². The highest BCUT2D eigenvalue weighted by molar-refractivity contribution is 7.80. The minimum absolute atomic E-state index is 0.0139. The molecule has 0 spiro atoms. The number of nitrogens with one attached hydrogen (secondary N) is 6. The predicted molar refractivity (Wildman–Crippen MR) is 368 cm³/mol. The molecular formula is C67H96ClN11O19S. The predicted octanol–water partition coefficient (Wildman–Crippen LogP) is 4.17. The van der Waals surface area contributed by atoms with Gasteiger partial charge in [-0.25, -0.2) is 19.2 Å². The monoisotopic (exact) mass is 1430 g/mol. The molecule has 546 valence electrons. The third kappa shape index (κ3) is 22.7. The van der Waals surface area contributed by atoms with Crippen molar-refractivity contribution in [2.45, 2.75) is 142 Å². The molecule has 0 saturated carbocycles. The van der Waals surface area contributed by atoms with Crippen molar-refractivity contribution < 1.29 is 91.0 Å². The molecule has 99 heavy (non-hydrogen) atoms. The topological polar surface area (TPSA) is 376 Å². The number of rotatable bonds is 27. The smallest absolute Gasteiger partial charge is 0.409 e. The van der Waals surface area contributed by atoms with Crippen LogP contribution in [0.3, 0.4) is 0 Å². The molecule has 1 unspecified atom stereocenters. The number of urea groups is 1. The van der Waals surface area contributed by atoms with Crippen molar-refractivity contribution in [1.82, 2.24) is 36.5 Å². The Morgan fingerprint density at radius 3 is 2.22 bits per heavy atom. The number of allylic oxidation sites excluding steroid dienone is 3. The molecule has 2 aromatic rings. The summed E-state index contributed by atoms with van der Waals surface area (Å²) in [5, 5.41) is 29.7. The number of morpholine rings is 1. The number of primary amides is 1. The van der Waals surface area contributed by atoms with E-state index in [0.29, 0.717) is 54.9 Å². The zero-order valence-electron chi connectivity index (χ0n) is 58.1. The number of alkyl carbamates (subject to hydrolysis) is 1. The molecule has 9 N–H and O–H groups in total. The van der Waals surface area contributed by atoms with Crippen LogP contribution in [-0.4, -0.2) is 216 Å². The van der Waals surface area contributed by atoms with Crippen LogP contribution in [0.25, 0.3) is 0 Å². The van der Waals surface area contributed by atoms with Gasteiger partial charge in [0.05, 0.1) is 76.7 Å². The Balaban J connectivity index is 1.16. The first-order chi connectivity index (χ1) is 47.0. The van der Waals surface area contributed by atoms with Crippen LogP contribution in [0.15, 0.2) is 54.1 Å². The van der Waals surface area contributed by atoms with Crippen LogP contribution >= 0.6 is 23.8 Å². The number of amides is 9. The summed E-state index contributed by atoms with van der Waals surface area (Å²) in [6.45, 7) is 14.6. The van der Waals surface area contributed by atoms with Gasteiger partial charge < -0.3 is 90.1 Å². The SMILES string of the molecule is COc1cc2cc(c1Cl)N(C)C(=O)C[C@H](OC(=O)[C@H](C)N(C)C(=O)c1ccc(NC(=O)[C@H](CCCNC(N)=O)NC(=O)[C@@H](NC(=S)NCCOCCOCCC(=O)ON3C(=O)CCC3=O)C(C)C)c(N3CCOCC3)c1)[C@@H](C)C(C)[C@H](C)[C@@H]1C[C@@](O)(NC(=O)O1)[C@H](OC)/C=C/C=C(\C)C2. The summed E-state index contributed by atoms with van der Waals surface area (Å²) < 4.78 is 40.2. The van der Waals surface area contributed by atoms with Gasteiger partial charge in [0.2, 0.25) is 17.7 Å². The number of hydroxylamine groups is 2. The lowest BCUT2D eigenvalue weighted by atomic mass is 9.76. The first kappa shape index (κ1) is 79.8. The number of ether oxygens (including phenoxy) is 7. The van der Waals surface area contributed by atoms with Crippen molar-refractivity contribution in [3.63, 3.8) is 0 Å². The first-order valence-electron chi connectivity index (χ1n) is 33.0. The van der Waals surface area contributed by atoms with E-state index in [9.17, 15) is 53.1 Å². The Hall–Kier alpha value is -8.20. The number of hydrogen-bond acceptors (Lipinski definition) is 21. The minimum Gasteiger partial charge on any atom is -0.495 e. The van der Waals surface area contributed by atoms with E-state index < -0.39 is 119 Å². The molecule has 9 amide bonds. The van der Waals surface area contributed by atoms with Gasteiger partial charge in [0.1, 0.15) is 47.2 Å². The Kier molecular flexibility index (Phi) is 30.5. The van der Waals surface area contributed by atoms with Crippen molar-refractivity contribution in [2.75, 3.05) is 109 Å². The van der Waals surface area contributed by atoms with Crippen LogP contribution in [-0.2, 0) is 73.2 Å². The number of carbonyl (C=O) groups excluding carboxylic acids is 10. The quantitative estimate of drug-likeness (QED) is 0.0269. The summed E-state index contributed by atoms with van der Waals surface area (Å²) in [4.78, 5) is 142. The first-order valence-corrected chi connectivity index (χ1v) is 33.8. The van der Waals surface area contributed by atoms with Crippen molar-refractivity contribution in [3.8, 4) is 5.75 Å². The lowest BCUT2D eigenvalue weighted by molar-refractivity contribution is -0.198. The molecule has 4 bridgehead atoms. The van der Waals surface area contributed by atoms with Gasteiger partial charge in [-0.3, -0.25) is 34.1 Å². The molecule has 4 aliphatic heterocycles. The molecule has 32 heteroatoms. The van der Waals surface area contributed by atoms with Crippen molar-refractivity contribution in [2.24, 2.45) is 29.4 Å². The highest BCUT2D eigenvalue weighted by atomic mass is 35.5. The van der Waals surface area contributed by atoms with E-state index in [4.69, 9.17) is 67.5 Å². The summed E-state index contributed by atoms with van der Waals surface area (Å²) in [6.07, 6.45) is 1.33. The van der Waals surface area contributed by atoms with E-state index >= 15 is 0 Å². The molecule has 6 rings (SSSR count). The average molecular weight is 1430 g/mol. The number of nitrogens with zero attached hydrogens (tertiary/aromatic N) is 4. The Bertz CT molecular complexity index is 3280. The second kappa shape index (κ2) is 37.8. The number of methoxy groups -OCH3 is 2. The van der Waals surface area contributed by atoms with E-state index in [1.165, 1.54) is 44.1 Å². The molecule has 10 atom stereocenters. The molecule has 2 aromatic carbocycles. The molecule has 3 fully saturated rings. The second-order valence-corrected chi connectivity index (χ2v) is 26.1. The number of thiocarbonyl (C=S) groups is 1. The molecule has 30 nitrogen and oxygen atoms in total. The van der Waals surface area contributed by atoms with Gasteiger partial charge in [-0.15, -0.1) is 5.06 Å². The summed E-state index contributed by atoms with van der Waals surface area (Å²) >= 11 is 12.4. The number of nitrogens with two attached hydrogens (primary N) is 1. The zero-order valence-corrected chi connectivity index (χ0v) is 59.6. The van der Waals surface area contributed by atoms with Gasteiger partial charge in [0.25, 0.3) is 17.7 Å². The van der Waals surface area contributed by atoms with Gasteiger partial charge in [-0.05, 0) is 105 Å². The Morgan fingerprint density at radius 1 is 0.879 bits per heavy atom.